The quantitative estimate of drug-likeness (QED) is 0.850. The number of hydrogen-bond acceptors (Lipinski definition) is 2. The fourth-order valence-corrected chi connectivity index (χ4v) is 2.18. The molecule has 2 rings (SSSR count). The van der Waals surface area contributed by atoms with E-state index in [1.165, 1.54) is 18.6 Å². The first-order chi connectivity index (χ1) is 8.25. The predicted octanol–water partition coefficient (Wildman–Crippen LogP) is 2.90. The van der Waals surface area contributed by atoms with Gasteiger partial charge in [-0.1, -0.05) is 12.1 Å². The Bertz CT molecular complexity index is 333. The van der Waals surface area contributed by atoms with E-state index in [1.54, 1.807) is 0 Å². The third-order valence-corrected chi connectivity index (χ3v) is 3.40. The Hall–Kier alpha value is -0.930. The first-order valence-electron chi connectivity index (χ1n) is 6.32. The van der Waals surface area contributed by atoms with E-state index in [2.05, 4.69) is 12.2 Å². The minimum absolute atomic E-state index is 0.177. The second-order valence-corrected chi connectivity index (χ2v) is 4.75. The Kier molecular flexibility index (Phi) is 4.51. The zero-order chi connectivity index (χ0) is 12.1. The molecule has 1 aliphatic rings. The lowest BCUT2D eigenvalue weighted by Gasteiger charge is -2.15. The first kappa shape index (κ1) is 12.5. The number of hydrogen-bond donors (Lipinski definition) is 1. The fourth-order valence-electron chi connectivity index (χ4n) is 2.18. The molecule has 1 aliphatic heterocycles. The van der Waals surface area contributed by atoms with Crippen molar-refractivity contribution in [1.29, 1.82) is 0 Å². The maximum atomic E-state index is 12.8. The number of ether oxygens (including phenoxy) is 1. The second-order valence-electron chi connectivity index (χ2n) is 4.75. The molecule has 1 aromatic carbocycles. The Balaban J connectivity index is 1.72. The van der Waals surface area contributed by atoms with Crippen LogP contribution in [0.4, 0.5) is 4.39 Å². The van der Waals surface area contributed by atoms with Crippen molar-refractivity contribution in [2.24, 2.45) is 5.92 Å². The summed E-state index contributed by atoms with van der Waals surface area (Å²) in [6, 6.07) is 6.98. The van der Waals surface area contributed by atoms with Crippen molar-refractivity contribution in [3.8, 4) is 0 Å². The highest BCUT2D eigenvalue weighted by Crippen LogP contribution is 2.17. The Morgan fingerprint density at radius 3 is 2.82 bits per heavy atom. The van der Waals surface area contributed by atoms with Gasteiger partial charge in [0, 0.05) is 19.3 Å². The lowest BCUT2D eigenvalue weighted by atomic mass is 10.0. The Labute approximate surface area is 102 Å². The predicted molar refractivity (Wildman–Crippen MR) is 66.4 cm³/mol. The SMILES string of the molecule is CC(NCCC1CCOC1)c1ccc(F)cc1. The van der Waals surface area contributed by atoms with E-state index in [0.717, 1.165) is 31.7 Å². The van der Waals surface area contributed by atoms with Crippen molar-refractivity contribution >= 4 is 0 Å². The number of nitrogens with one attached hydrogen (secondary N) is 1. The maximum absolute atomic E-state index is 12.8. The van der Waals surface area contributed by atoms with Gasteiger partial charge in [0.05, 0.1) is 0 Å². The minimum Gasteiger partial charge on any atom is -0.381 e. The summed E-state index contributed by atoms with van der Waals surface area (Å²) in [7, 11) is 0. The summed E-state index contributed by atoms with van der Waals surface area (Å²) in [4.78, 5) is 0. The van der Waals surface area contributed by atoms with Gasteiger partial charge in [-0.2, -0.15) is 0 Å². The Morgan fingerprint density at radius 1 is 1.41 bits per heavy atom. The van der Waals surface area contributed by atoms with Crippen molar-refractivity contribution in [3.63, 3.8) is 0 Å². The minimum atomic E-state index is -0.177. The molecule has 2 nitrogen and oxygen atoms in total. The van der Waals surface area contributed by atoms with Crippen LogP contribution in [0.2, 0.25) is 0 Å². The fraction of sp³-hybridized carbons (Fsp3) is 0.571. The number of benzene rings is 1. The number of rotatable bonds is 5. The Morgan fingerprint density at radius 2 is 2.18 bits per heavy atom. The van der Waals surface area contributed by atoms with E-state index in [9.17, 15) is 4.39 Å². The van der Waals surface area contributed by atoms with E-state index >= 15 is 0 Å². The van der Waals surface area contributed by atoms with Crippen molar-refractivity contribution < 1.29 is 9.13 Å². The third kappa shape index (κ3) is 3.79. The molecular weight excluding hydrogens is 217 g/mol. The van der Waals surface area contributed by atoms with Crippen LogP contribution in [0.15, 0.2) is 24.3 Å². The molecule has 1 fully saturated rings. The molecule has 0 radical (unpaired) electrons. The molecule has 0 spiro atoms. The summed E-state index contributed by atoms with van der Waals surface area (Å²) in [5.74, 6) is 0.534. The van der Waals surface area contributed by atoms with Crippen LogP contribution in [-0.4, -0.2) is 19.8 Å². The van der Waals surface area contributed by atoms with Crippen LogP contribution in [0.3, 0.4) is 0 Å². The van der Waals surface area contributed by atoms with Gasteiger partial charge in [-0.05, 0) is 49.9 Å². The molecular formula is C14H20FNO. The van der Waals surface area contributed by atoms with Gasteiger partial charge in [-0.25, -0.2) is 4.39 Å². The lowest BCUT2D eigenvalue weighted by molar-refractivity contribution is 0.184. The van der Waals surface area contributed by atoms with Crippen molar-refractivity contribution in [3.05, 3.63) is 35.6 Å². The molecule has 1 saturated heterocycles. The monoisotopic (exact) mass is 237 g/mol. The molecule has 2 unspecified atom stereocenters. The van der Waals surface area contributed by atoms with Crippen molar-refractivity contribution in [1.82, 2.24) is 5.32 Å². The highest BCUT2D eigenvalue weighted by molar-refractivity contribution is 5.19. The average Bonchev–Trinajstić information content (AvgIpc) is 2.83. The summed E-state index contributed by atoms with van der Waals surface area (Å²) >= 11 is 0. The summed E-state index contributed by atoms with van der Waals surface area (Å²) < 4.78 is 18.1. The van der Waals surface area contributed by atoms with Crippen LogP contribution in [-0.2, 0) is 4.74 Å². The zero-order valence-electron chi connectivity index (χ0n) is 10.3. The van der Waals surface area contributed by atoms with Gasteiger partial charge in [0.2, 0.25) is 0 Å². The topological polar surface area (TPSA) is 21.3 Å². The molecule has 17 heavy (non-hydrogen) atoms. The lowest BCUT2D eigenvalue weighted by Crippen LogP contribution is -2.22. The van der Waals surface area contributed by atoms with Crippen molar-refractivity contribution in [2.45, 2.75) is 25.8 Å². The largest absolute Gasteiger partial charge is 0.381 e. The second kappa shape index (κ2) is 6.12. The molecule has 2 atom stereocenters. The van der Waals surface area contributed by atoms with Crippen LogP contribution < -0.4 is 5.32 Å². The van der Waals surface area contributed by atoms with E-state index in [-0.39, 0.29) is 11.9 Å². The van der Waals surface area contributed by atoms with E-state index in [1.807, 2.05) is 12.1 Å². The van der Waals surface area contributed by atoms with E-state index < -0.39 is 0 Å². The van der Waals surface area contributed by atoms with E-state index in [4.69, 9.17) is 4.74 Å². The molecule has 1 aromatic rings. The highest BCUT2D eigenvalue weighted by Gasteiger charge is 2.15. The van der Waals surface area contributed by atoms with Crippen LogP contribution in [0, 0.1) is 11.7 Å². The molecule has 0 aliphatic carbocycles. The van der Waals surface area contributed by atoms with Crippen LogP contribution in [0.25, 0.3) is 0 Å². The molecule has 0 bridgehead atoms. The summed E-state index contributed by atoms with van der Waals surface area (Å²) in [6.45, 7) is 4.93. The van der Waals surface area contributed by atoms with Crippen molar-refractivity contribution in [2.75, 3.05) is 19.8 Å². The summed E-state index contributed by atoms with van der Waals surface area (Å²) in [5.41, 5.74) is 1.13. The molecule has 0 saturated carbocycles. The smallest absolute Gasteiger partial charge is 0.123 e. The maximum Gasteiger partial charge on any atom is 0.123 e. The highest BCUT2D eigenvalue weighted by atomic mass is 19.1. The first-order valence-corrected chi connectivity index (χ1v) is 6.32. The zero-order valence-corrected chi connectivity index (χ0v) is 10.3. The normalized spacial score (nSPS) is 21.6. The molecule has 0 amide bonds. The van der Waals surface area contributed by atoms with Gasteiger partial charge >= 0.3 is 0 Å². The summed E-state index contributed by atoms with van der Waals surface area (Å²) in [6.07, 6.45) is 2.35. The number of halogens is 1. The van der Waals surface area contributed by atoms with Crippen LogP contribution in [0.5, 0.6) is 0 Å². The van der Waals surface area contributed by atoms with Gasteiger partial charge in [-0.3, -0.25) is 0 Å². The summed E-state index contributed by atoms with van der Waals surface area (Å²) in [5, 5.41) is 3.47. The standard InChI is InChI=1S/C14H20FNO/c1-11(13-2-4-14(15)5-3-13)16-8-6-12-7-9-17-10-12/h2-5,11-12,16H,6-10H2,1H3. The molecule has 3 heteroatoms. The van der Waals surface area contributed by atoms with Gasteiger partial charge in [0.1, 0.15) is 5.82 Å². The molecule has 94 valence electrons. The molecule has 0 aromatic heterocycles. The molecule has 1 N–H and O–H groups in total. The van der Waals surface area contributed by atoms with Crippen LogP contribution in [0.1, 0.15) is 31.4 Å². The van der Waals surface area contributed by atoms with Gasteiger partial charge in [0.15, 0.2) is 0 Å². The average molecular weight is 237 g/mol. The van der Waals surface area contributed by atoms with Gasteiger partial charge < -0.3 is 10.1 Å². The third-order valence-electron chi connectivity index (χ3n) is 3.40. The van der Waals surface area contributed by atoms with E-state index in [0.29, 0.717) is 5.92 Å². The van der Waals surface area contributed by atoms with Gasteiger partial charge in [-0.15, -0.1) is 0 Å². The van der Waals surface area contributed by atoms with Crippen LogP contribution >= 0.6 is 0 Å². The molecule has 1 heterocycles. The van der Waals surface area contributed by atoms with Gasteiger partial charge in [0.25, 0.3) is 0 Å².